The number of nitro groups is 1. The van der Waals surface area contributed by atoms with Crippen molar-refractivity contribution < 1.29 is 19.2 Å². The summed E-state index contributed by atoms with van der Waals surface area (Å²) in [5.41, 5.74) is -0.0557. The lowest BCUT2D eigenvalue weighted by Crippen LogP contribution is -2.37. The van der Waals surface area contributed by atoms with Gasteiger partial charge in [0.15, 0.2) is 6.10 Å². The molecule has 1 aromatic rings. The van der Waals surface area contributed by atoms with E-state index in [1.807, 2.05) is 0 Å². The Bertz CT molecular complexity index is 588. The molecule has 8 heteroatoms. The van der Waals surface area contributed by atoms with Crippen LogP contribution >= 0.6 is 11.8 Å². The van der Waals surface area contributed by atoms with Crippen molar-refractivity contribution in [2.75, 3.05) is 5.75 Å². The third-order valence-electron chi connectivity index (χ3n) is 3.01. The van der Waals surface area contributed by atoms with Gasteiger partial charge >= 0.3 is 5.97 Å². The van der Waals surface area contributed by atoms with Gasteiger partial charge in [0.1, 0.15) is 0 Å². The van der Waals surface area contributed by atoms with Crippen LogP contribution in [0.3, 0.4) is 0 Å². The minimum atomic E-state index is -0.862. The van der Waals surface area contributed by atoms with Crippen molar-refractivity contribution in [3.05, 3.63) is 34.4 Å². The fourth-order valence-electron chi connectivity index (χ4n) is 1.70. The van der Waals surface area contributed by atoms with Crippen molar-refractivity contribution in [1.82, 2.24) is 5.32 Å². The highest BCUT2D eigenvalue weighted by Gasteiger charge is 2.27. The number of esters is 1. The lowest BCUT2D eigenvalue weighted by atomic mass is 10.3. The molecule has 1 aliphatic carbocycles. The van der Waals surface area contributed by atoms with E-state index in [1.165, 1.54) is 13.0 Å². The summed E-state index contributed by atoms with van der Waals surface area (Å²) in [4.78, 5) is 34.1. The van der Waals surface area contributed by atoms with Crippen LogP contribution in [0, 0.1) is 10.1 Å². The predicted octanol–water partition coefficient (Wildman–Crippen LogP) is 1.90. The van der Waals surface area contributed by atoms with Gasteiger partial charge in [-0.2, -0.15) is 0 Å². The number of ether oxygens (including phenoxy) is 1. The van der Waals surface area contributed by atoms with Gasteiger partial charge in [-0.3, -0.25) is 19.7 Å². The van der Waals surface area contributed by atoms with Crippen LogP contribution in [0.2, 0.25) is 0 Å². The summed E-state index contributed by atoms with van der Waals surface area (Å²) >= 11 is 1.02. The van der Waals surface area contributed by atoms with Crippen molar-refractivity contribution in [2.24, 2.45) is 0 Å². The lowest BCUT2D eigenvalue weighted by Gasteiger charge is -2.12. The molecule has 0 saturated heterocycles. The second-order valence-electron chi connectivity index (χ2n) is 4.93. The molecular weight excluding hydrogens is 308 g/mol. The second kappa shape index (κ2) is 7.26. The molecule has 0 bridgehead atoms. The van der Waals surface area contributed by atoms with Gasteiger partial charge < -0.3 is 10.1 Å². The van der Waals surface area contributed by atoms with Gasteiger partial charge in [-0.25, -0.2) is 0 Å². The van der Waals surface area contributed by atoms with Crippen molar-refractivity contribution in [3.8, 4) is 0 Å². The number of nitrogens with one attached hydrogen (secondary N) is 1. The quantitative estimate of drug-likeness (QED) is 0.356. The summed E-state index contributed by atoms with van der Waals surface area (Å²) < 4.78 is 5.02. The van der Waals surface area contributed by atoms with Crippen molar-refractivity contribution >= 4 is 29.3 Å². The Morgan fingerprint density at radius 1 is 1.45 bits per heavy atom. The minimum absolute atomic E-state index is 0.0557. The Labute approximate surface area is 131 Å². The molecule has 1 saturated carbocycles. The fraction of sp³-hybridized carbons (Fsp3) is 0.429. The first kappa shape index (κ1) is 16.3. The number of carbonyl (C=O) groups is 2. The van der Waals surface area contributed by atoms with Gasteiger partial charge in [-0.15, -0.1) is 11.8 Å². The molecule has 7 nitrogen and oxygen atoms in total. The maximum atomic E-state index is 11.7. The van der Waals surface area contributed by atoms with Crippen LogP contribution in [-0.2, 0) is 14.3 Å². The minimum Gasteiger partial charge on any atom is -0.452 e. The zero-order valence-corrected chi connectivity index (χ0v) is 12.8. The SMILES string of the molecule is C[C@H](OC(=O)CSc1ccccc1[N+](=O)[O-])C(=O)NC1CC1. The maximum absolute atomic E-state index is 11.7. The molecule has 0 heterocycles. The summed E-state index contributed by atoms with van der Waals surface area (Å²) in [5, 5.41) is 13.6. The molecule has 1 aromatic carbocycles. The number of benzene rings is 1. The smallest absolute Gasteiger partial charge is 0.317 e. The molecule has 0 radical (unpaired) electrons. The predicted molar refractivity (Wildman–Crippen MR) is 80.5 cm³/mol. The van der Waals surface area contributed by atoms with Crippen molar-refractivity contribution in [3.63, 3.8) is 0 Å². The van der Waals surface area contributed by atoms with Crippen LogP contribution < -0.4 is 5.32 Å². The van der Waals surface area contributed by atoms with Crippen molar-refractivity contribution in [1.29, 1.82) is 0 Å². The number of carbonyl (C=O) groups excluding carboxylic acids is 2. The Morgan fingerprint density at radius 2 is 2.14 bits per heavy atom. The zero-order valence-electron chi connectivity index (χ0n) is 12.0. The van der Waals surface area contributed by atoms with E-state index >= 15 is 0 Å². The molecule has 0 aliphatic heterocycles. The van der Waals surface area contributed by atoms with Crippen LogP contribution in [0.4, 0.5) is 5.69 Å². The lowest BCUT2D eigenvalue weighted by molar-refractivity contribution is -0.387. The summed E-state index contributed by atoms with van der Waals surface area (Å²) in [6.07, 6.45) is 1.05. The highest BCUT2D eigenvalue weighted by atomic mass is 32.2. The molecule has 22 heavy (non-hydrogen) atoms. The number of para-hydroxylation sites is 1. The number of rotatable bonds is 7. The topological polar surface area (TPSA) is 98.5 Å². The van der Waals surface area contributed by atoms with E-state index in [1.54, 1.807) is 18.2 Å². The third kappa shape index (κ3) is 4.73. The molecule has 1 aliphatic rings. The van der Waals surface area contributed by atoms with E-state index in [0.717, 1.165) is 24.6 Å². The van der Waals surface area contributed by atoms with E-state index < -0.39 is 17.0 Å². The number of hydrogen-bond acceptors (Lipinski definition) is 6. The number of nitrogens with zero attached hydrogens (tertiary/aromatic N) is 1. The number of thioether (sulfide) groups is 1. The Morgan fingerprint density at radius 3 is 2.77 bits per heavy atom. The first-order valence-electron chi connectivity index (χ1n) is 6.83. The van der Waals surface area contributed by atoms with E-state index in [0.29, 0.717) is 4.90 Å². The molecule has 1 atom stereocenters. The molecule has 1 fully saturated rings. The molecule has 0 unspecified atom stereocenters. The van der Waals surface area contributed by atoms with Gasteiger partial charge in [0.25, 0.3) is 11.6 Å². The van der Waals surface area contributed by atoms with E-state index in [-0.39, 0.29) is 23.4 Å². The zero-order chi connectivity index (χ0) is 16.1. The normalized spacial score (nSPS) is 15.0. The van der Waals surface area contributed by atoms with E-state index in [2.05, 4.69) is 5.32 Å². The van der Waals surface area contributed by atoms with Crippen LogP contribution in [0.25, 0.3) is 0 Å². The van der Waals surface area contributed by atoms with Gasteiger partial charge in [0, 0.05) is 12.1 Å². The van der Waals surface area contributed by atoms with Crippen LogP contribution in [-0.4, -0.2) is 34.7 Å². The van der Waals surface area contributed by atoms with E-state index in [9.17, 15) is 19.7 Å². The highest BCUT2D eigenvalue weighted by molar-refractivity contribution is 8.00. The molecular formula is C14H16N2O5S. The first-order chi connectivity index (χ1) is 10.5. The van der Waals surface area contributed by atoms with Gasteiger partial charge in [0.05, 0.1) is 15.6 Å². The fourth-order valence-corrected chi connectivity index (χ4v) is 2.50. The maximum Gasteiger partial charge on any atom is 0.317 e. The van der Waals surface area contributed by atoms with E-state index in [4.69, 9.17) is 4.74 Å². The second-order valence-corrected chi connectivity index (χ2v) is 5.95. The first-order valence-corrected chi connectivity index (χ1v) is 7.82. The van der Waals surface area contributed by atoms with Crippen molar-refractivity contribution in [2.45, 2.75) is 36.8 Å². The Balaban J connectivity index is 1.82. The summed E-state index contributed by atoms with van der Waals surface area (Å²) in [5.74, 6) is -0.987. The average Bonchev–Trinajstić information content (AvgIpc) is 3.29. The highest BCUT2D eigenvalue weighted by Crippen LogP contribution is 2.28. The number of amides is 1. The molecule has 1 N–H and O–H groups in total. The van der Waals surface area contributed by atoms with Crippen LogP contribution in [0.1, 0.15) is 19.8 Å². The summed E-state index contributed by atoms with van der Waals surface area (Å²) in [7, 11) is 0. The molecule has 118 valence electrons. The molecule has 2 rings (SSSR count). The Hall–Kier alpha value is -2.09. The van der Waals surface area contributed by atoms with Gasteiger partial charge in [0.2, 0.25) is 0 Å². The standard InChI is InChI=1S/C14H16N2O5S/c1-9(14(18)15-10-6-7-10)21-13(17)8-22-12-5-3-2-4-11(12)16(19)20/h2-5,9-10H,6-8H2,1H3,(H,15,18)/t9-/m0/s1. The average molecular weight is 324 g/mol. The largest absolute Gasteiger partial charge is 0.452 e. The summed E-state index contributed by atoms with van der Waals surface area (Å²) in [6, 6.07) is 6.37. The number of nitro benzene ring substituents is 1. The molecule has 0 aromatic heterocycles. The molecule has 1 amide bonds. The van der Waals surface area contributed by atoms with Crippen LogP contribution in [0.15, 0.2) is 29.2 Å². The van der Waals surface area contributed by atoms with Crippen LogP contribution in [0.5, 0.6) is 0 Å². The van der Waals surface area contributed by atoms with Gasteiger partial charge in [-0.1, -0.05) is 12.1 Å². The third-order valence-corrected chi connectivity index (χ3v) is 4.04. The molecule has 0 spiro atoms. The van der Waals surface area contributed by atoms with Gasteiger partial charge in [-0.05, 0) is 25.8 Å². The summed E-state index contributed by atoms with van der Waals surface area (Å²) in [6.45, 7) is 1.51. The number of hydrogen-bond donors (Lipinski definition) is 1. The monoisotopic (exact) mass is 324 g/mol. The Kier molecular flexibility index (Phi) is 5.37.